The van der Waals surface area contributed by atoms with Gasteiger partial charge in [-0.15, -0.1) is 11.3 Å². The standard InChI is InChI=1S/C20H23NO4S/c1-23-16-10-14-12-21(19(22)18-4-3-9-26-18)13-20(5-7-25-8-6-20)15(14)11-17(16)24-2/h3-4,9-11H,5-8,12-13H2,1-2H3. The van der Waals surface area contributed by atoms with Crippen LogP contribution < -0.4 is 9.47 Å². The Kier molecular flexibility index (Phi) is 4.63. The van der Waals surface area contributed by atoms with Crippen LogP contribution in [0.3, 0.4) is 0 Å². The summed E-state index contributed by atoms with van der Waals surface area (Å²) in [4.78, 5) is 15.8. The van der Waals surface area contributed by atoms with Crippen molar-refractivity contribution in [3.63, 3.8) is 0 Å². The van der Waals surface area contributed by atoms with Gasteiger partial charge in [0.15, 0.2) is 11.5 Å². The van der Waals surface area contributed by atoms with Gasteiger partial charge in [-0.3, -0.25) is 4.79 Å². The number of rotatable bonds is 3. The molecule has 0 radical (unpaired) electrons. The van der Waals surface area contributed by atoms with E-state index >= 15 is 0 Å². The molecule has 0 N–H and O–H groups in total. The van der Waals surface area contributed by atoms with E-state index in [1.165, 1.54) is 16.9 Å². The van der Waals surface area contributed by atoms with Crippen LogP contribution in [0.5, 0.6) is 11.5 Å². The van der Waals surface area contributed by atoms with Gasteiger partial charge >= 0.3 is 0 Å². The number of carbonyl (C=O) groups excluding carboxylic acids is 1. The maximum absolute atomic E-state index is 13.0. The Balaban J connectivity index is 1.78. The zero-order valence-corrected chi connectivity index (χ0v) is 15.9. The second-order valence-corrected chi connectivity index (χ2v) is 7.84. The van der Waals surface area contributed by atoms with Crippen LogP contribution in [-0.2, 0) is 16.7 Å². The minimum absolute atomic E-state index is 0.0850. The summed E-state index contributed by atoms with van der Waals surface area (Å²) in [5.74, 6) is 1.56. The quantitative estimate of drug-likeness (QED) is 0.827. The highest BCUT2D eigenvalue weighted by Crippen LogP contribution is 2.45. The second kappa shape index (κ2) is 6.93. The summed E-state index contributed by atoms with van der Waals surface area (Å²) in [6.07, 6.45) is 1.81. The van der Waals surface area contributed by atoms with Gasteiger partial charge in [-0.25, -0.2) is 0 Å². The highest BCUT2D eigenvalue weighted by atomic mass is 32.1. The van der Waals surface area contributed by atoms with Crippen LogP contribution in [0.15, 0.2) is 29.6 Å². The molecule has 1 spiro atoms. The van der Waals surface area contributed by atoms with Crippen molar-refractivity contribution in [1.82, 2.24) is 4.90 Å². The van der Waals surface area contributed by atoms with Crippen LogP contribution in [0.25, 0.3) is 0 Å². The zero-order chi connectivity index (χ0) is 18.1. The fraction of sp³-hybridized carbons (Fsp3) is 0.450. The van der Waals surface area contributed by atoms with Crippen molar-refractivity contribution in [3.05, 3.63) is 45.6 Å². The number of methoxy groups -OCH3 is 2. The Morgan fingerprint density at radius 1 is 1.19 bits per heavy atom. The Morgan fingerprint density at radius 2 is 1.92 bits per heavy atom. The van der Waals surface area contributed by atoms with Crippen LogP contribution in [0, 0.1) is 0 Å². The molecule has 0 unspecified atom stereocenters. The van der Waals surface area contributed by atoms with Crippen molar-refractivity contribution in [3.8, 4) is 11.5 Å². The molecule has 1 aromatic heterocycles. The van der Waals surface area contributed by atoms with Crippen molar-refractivity contribution >= 4 is 17.2 Å². The third-order valence-electron chi connectivity index (χ3n) is 5.50. The van der Waals surface area contributed by atoms with E-state index in [2.05, 4.69) is 6.07 Å². The van der Waals surface area contributed by atoms with E-state index < -0.39 is 0 Å². The van der Waals surface area contributed by atoms with Gasteiger partial charge in [0.25, 0.3) is 5.91 Å². The summed E-state index contributed by atoms with van der Waals surface area (Å²) < 4.78 is 16.7. The van der Waals surface area contributed by atoms with E-state index in [-0.39, 0.29) is 11.3 Å². The third kappa shape index (κ3) is 2.87. The Bertz CT molecular complexity index is 796. The van der Waals surface area contributed by atoms with Crippen LogP contribution in [0.4, 0.5) is 0 Å². The van der Waals surface area contributed by atoms with Gasteiger partial charge in [0, 0.05) is 31.7 Å². The molecule has 1 aromatic carbocycles. The monoisotopic (exact) mass is 373 g/mol. The van der Waals surface area contributed by atoms with Crippen molar-refractivity contribution in [2.24, 2.45) is 0 Å². The molecule has 0 saturated carbocycles. The van der Waals surface area contributed by atoms with Gasteiger partial charge in [0.1, 0.15) is 0 Å². The summed E-state index contributed by atoms with van der Waals surface area (Å²) in [7, 11) is 3.31. The molecule has 0 bridgehead atoms. The lowest BCUT2D eigenvalue weighted by Gasteiger charge is -2.46. The molecule has 0 aliphatic carbocycles. The fourth-order valence-corrected chi connectivity index (χ4v) is 4.84. The first-order valence-electron chi connectivity index (χ1n) is 8.83. The summed E-state index contributed by atoms with van der Waals surface area (Å²) in [5, 5.41) is 1.95. The molecular weight excluding hydrogens is 350 g/mol. The van der Waals surface area contributed by atoms with E-state index in [0.717, 1.165) is 48.8 Å². The lowest BCUT2D eigenvalue weighted by molar-refractivity contribution is 0.0238. The minimum Gasteiger partial charge on any atom is -0.493 e. The average Bonchev–Trinajstić information content (AvgIpc) is 3.21. The molecular formula is C20H23NO4S. The van der Waals surface area contributed by atoms with Crippen molar-refractivity contribution < 1.29 is 19.0 Å². The highest BCUT2D eigenvalue weighted by molar-refractivity contribution is 7.12. The van der Waals surface area contributed by atoms with Gasteiger partial charge < -0.3 is 19.1 Å². The number of thiophene rings is 1. The Labute approximate surface area is 157 Å². The number of fused-ring (bicyclic) bond motifs is 2. The molecule has 0 atom stereocenters. The van der Waals surface area contributed by atoms with Crippen LogP contribution in [0.2, 0.25) is 0 Å². The summed E-state index contributed by atoms with van der Waals surface area (Å²) in [6, 6.07) is 7.95. The number of nitrogens with zero attached hydrogens (tertiary/aromatic N) is 1. The van der Waals surface area contributed by atoms with E-state index in [1.54, 1.807) is 14.2 Å². The maximum atomic E-state index is 13.0. The molecule has 6 heteroatoms. The number of hydrogen-bond donors (Lipinski definition) is 0. The van der Waals surface area contributed by atoms with Crippen LogP contribution in [-0.4, -0.2) is 44.8 Å². The van der Waals surface area contributed by atoms with Crippen molar-refractivity contribution in [1.29, 1.82) is 0 Å². The Hall–Kier alpha value is -2.05. The van der Waals surface area contributed by atoms with E-state index in [9.17, 15) is 4.79 Å². The fourth-order valence-electron chi connectivity index (χ4n) is 4.15. The first kappa shape index (κ1) is 17.4. The third-order valence-corrected chi connectivity index (χ3v) is 6.36. The smallest absolute Gasteiger partial charge is 0.264 e. The molecule has 2 aliphatic heterocycles. The van der Waals surface area contributed by atoms with Crippen molar-refractivity contribution in [2.75, 3.05) is 34.0 Å². The first-order chi connectivity index (χ1) is 12.7. The molecule has 138 valence electrons. The van der Waals surface area contributed by atoms with Crippen LogP contribution >= 0.6 is 11.3 Å². The molecule has 5 nitrogen and oxygen atoms in total. The number of carbonyl (C=O) groups is 1. The largest absolute Gasteiger partial charge is 0.493 e. The average molecular weight is 373 g/mol. The van der Waals surface area contributed by atoms with Gasteiger partial charge in [-0.2, -0.15) is 0 Å². The summed E-state index contributed by atoms with van der Waals surface area (Å²) in [5.41, 5.74) is 2.33. The predicted molar refractivity (Wildman–Crippen MR) is 100 cm³/mol. The first-order valence-corrected chi connectivity index (χ1v) is 9.71. The lowest BCUT2D eigenvalue weighted by atomic mass is 9.69. The van der Waals surface area contributed by atoms with E-state index in [0.29, 0.717) is 12.3 Å². The molecule has 1 amide bonds. The molecule has 1 saturated heterocycles. The summed E-state index contributed by atoms with van der Waals surface area (Å²) >= 11 is 1.49. The van der Waals surface area contributed by atoms with Gasteiger partial charge in [0.2, 0.25) is 0 Å². The highest BCUT2D eigenvalue weighted by Gasteiger charge is 2.43. The number of amides is 1. The van der Waals surface area contributed by atoms with Gasteiger partial charge in [-0.05, 0) is 47.5 Å². The lowest BCUT2D eigenvalue weighted by Crippen LogP contribution is -2.50. The Morgan fingerprint density at radius 3 is 2.58 bits per heavy atom. The molecule has 3 heterocycles. The minimum atomic E-state index is -0.0850. The predicted octanol–water partition coefficient (Wildman–Crippen LogP) is 3.47. The SMILES string of the molecule is COc1cc2c(cc1OC)C1(CCOCC1)CN(C(=O)c1cccs1)C2. The van der Waals surface area contributed by atoms with E-state index in [1.807, 2.05) is 28.5 Å². The molecule has 4 rings (SSSR count). The summed E-state index contributed by atoms with van der Waals surface area (Å²) in [6.45, 7) is 2.74. The topological polar surface area (TPSA) is 48.0 Å². The van der Waals surface area contributed by atoms with Gasteiger partial charge in [-0.1, -0.05) is 6.07 Å². The number of ether oxygens (including phenoxy) is 3. The molecule has 2 aromatic rings. The van der Waals surface area contributed by atoms with E-state index in [4.69, 9.17) is 14.2 Å². The maximum Gasteiger partial charge on any atom is 0.264 e. The molecule has 26 heavy (non-hydrogen) atoms. The van der Waals surface area contributed by atoms with Crippen LogP contribution in [0.1, 0.15) is 33.6 Å². The number of benzene rings is 1. The molecule has 2 aliphatic rings. The van der Waals surface area contributed by atoms with Gasteiger partial charge in [0.05, 0.1) is 19.1 Å². The zero-order valence-electron chi connectivity index (χ0n) is 15.1. The van der Waals surface area contributed by atoms with Crippen molar-refractivity contribution in [2.45, 2.75) is 24.8 Å². The number of hydrogen-bond acceptors (Lipinski definition) is 5. The molecule has 1 fully saturated rings. The second-order valence-electron chi connectivity index (χ2n) is 6.90. The normalized spacial score (nSPS) is 18.5.